The van der Waals surface area contributed by atoms with Crippen LogP contribution in [0.2, 0.25) is 0 Å². The van der Waals surface area contributed by atoms with Crippen molar-refractivity contribution in [1.29, 1.82) is 0 Å². The van der Waals surface area contributed by atoms with E-state index in [0.29, 0.717) is 5.91 Å². The highest BCUT2D eigenvalue weighted by Gasteiger charge is 2.40. The first kappa shape index (κ1) is 11.9. The van der Waals surface area contributed by atoms with Gasteiger partial charge in [0, 0.05) is 18.5 Å². The Morgan fingerprint density at radius 1 is 1.00 bits per heavy atom. The molecule has 1 aliphatic heterocycles. The molecule has 0 atom stereocenters. The third kappa shape index (κ3) is 2.26. The fraction of sp³-hybridized carbons (Fsp3) is 0.929. The highest BCUT2D eigenvalue weighted by molar-refractivity contribution is 5.82. The second-order valence-electron chi connectivity index (χ2n) is 5.55. The summed E-state index contributed by atoms with van der Waals surface area (Å²) in [7, 11) is 0. The molecule has 0 aromatic heterocycles. The van der Waals surface area contributed by atoms with Gasteiger partial charge in [0.1, 0.15) is 0 Å². The maximum absolute atomic E-state index is 12.6. The molecule has 1 aliphatic carbocycles. The number of rotatable bonds is 2. The molecule has 1 saturated heterocycles. The van der Waals surface area contributed by atoms with Crippen LogP contribution in [0.25, 0.3) is 0 Å². The fourth-order valence-electron chi connectivity index (χ4n) is 3.38. The third-order valence-electron chi connectivity index (χ3n) is 4.58. The molecule has 2 fully saturated rings. The number of nitrogens with zero attached hydrogens (tertiary/aromatic N) is 1. The van der Waals surface area contributed by atoms with E-state index in [9.17, 15) is 4.79 Å². The van der Waals surface area contributed by atoms with Crippen molar-refractivity contribution in [3.05, 3.63) is 0 Å². The van der Waals surface area contributed by atoms with E-state index in [-0.39, 0.29) is 5.41 Å². The monoisotopic (exact) mass is 223 g/mol. The standard InChI is InChI=1S/C14H25NO/c1-2-14(9-5-3-6-10-14)13(16)15-11-7-4-8-12-15/h2-12H2,1H3. The number of likely N-dealkylation sites (tertiary alicyclic amines) is 1. The molecule has 0 aromatic rings. The van der Waals surface area contributed by atoms with E-state index in [1.807, 2.05) is 0 Å². The van der Waals surface area contributed by atoms with Crippen molar-refractivity contribution in [3.8, 4) is 0 Å². The summed E-state index contributed by atoms with van der Waals surface area (Å²) in [6.45, 7) is 4.23. The second-order valence-corrected chi connectivity index (χ2v) is 5.55. The Morgan fingerprint density at radius 2 is 1.56 bits per heavy atom. The van der Waals surface area contributed by atoms with Crippen LogP contribution in [0, 0.1) is 5.41 Å². The van der Waals surface area contributed by atoms with Gasteiger partial charge in [0.2, 0.25) is 5.91 Å². The Morgan fingerprint density at radius 3 is 2.12 bits per heavy atom. The molecule has 0 unspecified atom stereocenters. The summed E-state index contributed by atoms with van der Waals surface area (Å²) in [5.41, 5.74) is 0.0234. The molecule has 1 amide bonds. The predicted octanol–water partition coefficient (Wildman–Crippen LogP) is 3.36. The molecule has 2 nitrogen and oxygen atoms in total. The zero-order valence-corrected chi connectivity index (χ0v) is 10.6. The van der Waals surface area contributed by atoms with Crippen LogP contribution < -0.4 is 0 Å². The van der Waals surface area contributed by atoms with Gasteiger partial charge in [-0.2, -0.15) is 0 Å². The van der Waals surface area contributed by atoms with Gasteiger partial charge in [0.05, 0.1) is 0 Å². The average molecular weight is 223 g/mol. The Balaban J connectivity index is 2.04. The van der Waals surface area contributed by atoms with E-state index in [4.69, 9.17) is 0 Å². The van der Waals surface area contributed by atoms with E-state index in [0.717, 1.165) is 32.4 Å². The van der Waals surface area contributed by atoms with Crippen LogP contribution in [0.5, 0.6) is 0 Å². The SMILES string of the molecule is CCC1(C(=O)N2CCCCC2)CCCCC1. The maximum atomic E-state index is 12.6. The van der Waals surface area contributed by atoms with Crippen molar-refractivity contribution >= 4 is 5.91 Å². The number of carbonyl (C=O) groups excluding carboxylic acids is 1. The minimum Gasteiger partial charge on any atom is -0.342 e. The van der Waals surface area contributed by atoms with Crippen LogP contribution in [-0.4, -0.2) is 23.9 Å². The van der Waals surface area contributed by atoms with Crippen LogP contribution in [0.4, 0.5) is 0 Å². The highest BCUT2D eigenvalue weighted by atomic mass is 16.2. The lowest BCUT2D eigenvalue weighted by atomic mass is 9.71. The van der Waals surface area contributed by atoms with Gasteiger partial charge in [-0.15, -0.1) is 0 Å². The van der Waals surface area contributed by atoms with Gasteiger partial charge >= 0.3 is 0 Å². The van der Waals surface area contributed by atoms with Gasteiger partial charge in [-0.1, -0.05) is 26.2 Å². The first-order chi connectivity index (χ1) is 7.78. The smallest absolute Gasteiger partial charge is 0.228 e. The predicted molar refractivity (Wildman–Crippen MR) is 66.2 cm³/mol. The zero-order valence-electron chi connectivity index (χ0n) is 10.6. The van der Waals surface area contributed by atoms with Gasteiger partial charge in [-0.3, -0.25) is 4.79 Å². The fourth-order valence-corrected chi connectivity index (χ4v) is 3.38. The minimum atomic E-state index is 0.0234. The van der Waals surface area contributed by atoms with E-state index in [2.05, 4.69) is 11.8 Å². The summed E-state index contributed by atoms with van der Waals surface area (Å²) in [4.78, 5) is 14.8. The molecule has 2 rings (SSSR count). The van der Waals surface area contributed by atoms with Crippen LogP contribution in [0.1, 0.15) is 64.7 Å². The summed E-state index contributed by atoms with van der Waals surface area (Å²) in [5, 5.41) is 0. The van der Waals surface area contributed by atoms with E-state index < -0.39 is 0 Å². The maximum Gasteiger partial charge on any atom is 0.228 e. The molecular formula is C14H25NO. The number of amides is 1. The average Bonchev–Trinajstić information content (AvgIpc) is 2.39. The molecule has 2 aliphatic rings. The molecule has 2 heteroatoms. The summed E-state index contributed by atoms with van der Waals surface area (Å²) in [5.74, 6) is 0.481. The third-order valence-corrected chi connectivity index (χ3v) is 4.58. The molecule has 0 aromatic carbocycles. The first-order valence-electron chi connectivity index (χ1n) is 7.08. The van der Waals surface area contributed by atoms with Crippen LogP contribution in [0.15, 0.2) is 0 Å². The minimum absolute atomic E-state index is 0.0234. The molecule has 0 bridgehead atoms. The van der Waals surface area contributed by atoms with E-state index in [1.165, 1.54) is 38.5 Å². The van der Waals surface area contributed by atoms with Gasteiger partial charge in [-0.05, 0) is 38.5 Å². The summed E-state index contributed by atoms with van der Waals surface area (Å²) < 4.78 is 0. The number of hydrogen-bond donors (Lipinski definition) is 0. The zero-order chi connectivity index (χ0) is 11.4. The van der Waals surface area contributed by atoms with Gasteiger partial charge in [-0.25, -0.2) is 0 Å². The number of hydrogen-bond acceptors (Lipinski definition) is 1. The molecule has 1 saturated carbocycles. The molecule has 0 spiro atoms. The molecule has 1 heterocycles. The second kappa shape index (κ2) is 5.20. The Labute approximate surface area is 99.4 Å². The van der Waals surface area contributed by atoms with Gasteiger partial charge < -0.3 is 4.90 Å². The topological polar surface area (TPSA) is 20.3 Å². The largest absolute Gasteiger partial charge is 0.342 e. The summed E-state index contributed by atoms with van der Waals surface area (Å²) >= 11 is 0. The first-order valence-corrected chi connectivity index (χ1v) is 7.08. The lowest BCUT2D eigenvalue weighted by molar-refractivity contribution is -0.145. The van der Waals surface area contributed by atoms with Crippen molar-refractivity contribution in [1.82, 2.24) is 4.90 Å². The number of piperidine rings is 1. The Hall–Kier alpha value is -0.530. The quantitative estimate of drug-likeness (QED) is 0.703. The van der Waals surface area contributed by atoms with Crippen LogP contribution in [0.3, 0.4) is 0 Å². The molecule has 0 N–H and O–H groups in total. The lowest BCUT2D eigenvalue weighted by Gasteiger charge is -2.40. The van der Waals surface area contributed by atoms with Gasteiger partial charge in [0.15, 0.2) is 0 Å². The van der Waals surface area contributed by atoms with Crippen LogP contribution >= 0.6 is 0 Å². The summed E-state index contributed by atoms with van der Waals surface area (Å²) in [6.07, 6.45) is 10.9. The van der Waals surface area contributed by atoms with Crippen molar-refractivity contribution < 1.29 is 4.79 Å². The van der Waals surface area contributed by atoms with Crippen molar-refractivity contribution in [3.63, 3.8) is 0 Å². The van der Waals surface area contributed by atoms with E-state index >= 15 is 0 Å². The molecular weight excluding hydrogens is 198 g/mol. The van der Waals surface area contributed by atoms with Crippen molar-refractivity contribution in [2.75, 3.05) is 13.1 Å². The molecule has 0 radical (unpaired) electrons. The van der Waals surface area contributed by atoms with Gasteiger partial charge in [0.25, 0.3) is 0 Å². The van der Waals surface area contributed by atoms with Crippen LogP contribution in [-0.2, 0) is 4.79 Å². The summed E-state index contributed by atoms with van der Waals surface area (Å²) in [6, 6.07) is 0. The Kier molecular flexibility index (Phi) is 3.88. The van der Waals surface area contributed by atoms with E-state index in [1.54, 1.807) is 0 Å². The normalized spacial score (nSPS) is 25.4. The van der Waals surface area contributed by atoms with Crippen molar-refractivity contribution in [2.24, 2.45) is 5.41 Å². The molecule has 16 heavy (non-hydrogen) atoms. The lowest BCUT2D eigenvalue weighted by Crippen LogP contribution is -2.46. The molecule has 92 valence electrons. The van der Waals surface area contributed by atoms with Crippen molar-refractivity contribution in [2.45, 2.75) is 64.7 Å². The highest BCUT2D eigenvalue weighted by Crippen LogP contribution is 2.41. The Bertz CT molecular complexity index is 237. The number of carbonyl (C=O) groups is 1.